The molecule has 0 spiro atoms. The molecule has 11 heteroatoms. The molecule has 0 aliphatic carbocycles. The van der Waals surface area contributed by atoms with E-state index < -0.39 is 15.7 Å². The first-order valence-electron chi connectivity index (χ1n) is 17.0. The van der Waals surface area contributed by atoms with Gasteiger partial charge in [0.25, 0.3) is 10.0 Å². The Balaban J connectivity index is 0.00000448. The summed E-state index contributed by atoms with van der Waals surface area (Å²) in [6.07, 6.45) is 0.588. The number of aromatic nitrogens is 2. The zero-order valence-corrected chi connectivity index (χ0v) is 30.3. The van der Waals surface area contributed by atoms with Gasteiger partial charge in [0.05, 0.1) is 15.9 Å². The van der Waals surface area contributed by atoms with E-state index in [-0.39, 0.29) is 43.2 Å². The Morgan fingerprint density at radius 1 is 0.765 bits per heavy atom. The quantitative estimate of drug-likeness (QED) is 0.149. The molecule has 5 aromatic carbocycles. The van der Waals surface area contributed by atoms with Crippen molar-refractivity contribution in [3.63, 3.8) is 0 Å². The number of carbonyl (C=O) groups excluding carboxylic acids is 1. The highest BCUT2D eigenvalue weighted by molar-refractivity contribution is 7.90. The van der Waals surface area contributed by atoms with E-state index in [1.165, 1.54) is 11.1 Å². The van der Waals surface area contributed by atoms with E-state index in [2.05, 4.69) is 36.1 Å². The Morgan fingerprint density at radius 2 is 1.31 bits per heavy atom. The van der Waals surface area contributed by atoms with Gasteiger partial charge in [0.2, 0.25) is 0 Å². The van der Waals surface area contributed by atoms with Crippen LogP contribution >= 0.6 is 13.5 Å². The molecular weight excluding hydrogens is 681 g/mol. The molecule has 0 unspecified atom stereocenters. The maximum atomic E-state index is 14.2. The lowest BCUT2D eigenvalue weighted by molar-refractivity contribution is 0.0567. The van der Waals surface area contributed by atoms with E-state index in [4.69, 9.17) is 4.74 Å². The number of para-hydroxylation sites is 2. The molecule has 1 aliphatic heterocycles. The molecule has 0 N–H and O–H groups in total. The molecule has 1 aliphatic rings. The third-order valence-corrected chi connectivity index (χ3v) is 11.4. The highest BCUT2D eigenvalue weighted by Crippen LogP contribution is 2.30. The van der Waals surface area contributed by atoms with Crippen LogP contribution < -0.4 is 5.69 Å². The van der Waals surface area contributed by atoms with Crippen molar-refractivity contribution in [1.29, 1.82) is 0 Å². The standard InChI is InChI=1S/C40H40N4O5S.H2S/c1-30(42(27-31-13-4-2-5-14-31)28-32-15-6-3-7-16-32)29-49-40(46)41-25-23-34(24-26-41)43-36-20-10-11-21-37(36)44(39(43)45)50(47,48)38-22-12-18-33-17-8-9-19-35(33)38;/h2-22,30,34H,23-29H2,1H3;1H2/t30-;/m0./s1. The summed E-state index contributed by atoms with van der Waals surface area (Å²) < 4.78 is 36.7. The van der Waals surface area contributed by atoms with Crippen LogP contribution in [0.5, 0.6) is 0 Å². The lowest BCUT2D eigenvalue weighted by atomic mass is 10.0. The molecule has 264 valence electrons. The molecule has 6 aromatic rings. The molecule has 7 rings (SSSR count). The third kappa shape index (κ3) is 7.46. The Hall–Kier alpha value is -4.84. The van der Waals surface area contributed by atoms with Gasteiger partial charge in [-0.3, -0.25) is 9.47 Å². The molecule has 2 heterocycles. The minimum Gasteiger partial charge on any atom is -0.448 e. The maximum Gasteiger partial charge on any atom is 0.409 e. The first kappa shape index (κ1) is 36.0. The van der Waals surface area contributed by atoms with Gasteiger partial charge >= 0.3 is 11.8 Å². The Labute approximate surface area is 305 Å². The predicted molar refractivity (Wildman–Crippen MR) is 206 cm³/mol. The van der Waals surface area contributed by atoms with Gasteiger partial charge in [-0.25, -0.2) is 18.0 Å². The van der Waals surface area contributed by atoms with Crippen molar-refractivity contribution in [2.24, 2.45) is 0 Å². The van der Waals surface area contributed by atoms with Gasteiger partial charge in [-0.1, -0.05) is 109 Å². The summed E-state index contributed by atoms with van der Waals surface area (Å²) >= 11 is 0. The SMILES string of the molecule is C[C@@H](COC(=O)N1CCC(n2c(=O)n(S(=O)(=O)c3cccc4ccccc34)c3ccccc32)CC1)N(Cc1ccccc1)Cc1ccccc1.S. The van der Waals surface area contributed by atoms with Crippen LogP contribution in [0.3, 0.4) is 0 Å². The molecule has 1 fully saturated rings. The topological polar surface area (TPSA) is 93.8 Å². The van der Waals surface area contributed by atoms with Crippen molar-refractivity contribution in [2.75, 3.05) is 19.7 Å². The lowest BCUT2D eigenvalue weighted by Crippen LogP contribution is -2.43. The summed E-state index contributed by atoms with van der Waals surface area (Å²) in [5.41, 5.74) is 2.64. The molecule has 0 saturated carbocycles. The maximum absolute atomic E-state index is 14.2. The first-order valence-corrected chi connectivity index (χ1v) is 18.4. The second kappa shape index (κ2) is 15.6. The van der Waals surface area contributed by atoms with Gasteiger partial charge in [-0.2, -0.15) is 17.5 Å². The number of imidazole rings is 1. The van der Waals surface area contributed by atoms with Gasteiger partial charge < -0.3 is 9.64 Å². The number of carbonyl (C=O) groups is 1. The largest absolute Gasteiger partial charge is 0.448 e. The molecule has 1 aromatic heterocycles. The van der Waals surface area contributed by atoms with Crippen molar-refractivity contribution in [3.8, 4) is 0 Å². The van der Waals surface area contributed by atoms with Crippen LogP contribution in [0.25, 0.3) is 21.8 Å². The molecule has 0 radical (unpaired) electrons. The van der Waals surface area contributed by atoms with E-state index in [0.29, 0.717) is 42.4 Å². The minimum atomic E-state index is -4.23. The van der Waals surface area contributed by atoms with Crippen LogP contribution in [0, 0.1) is 0 Å². The van der Waals surface area contributed by atoms with Gasteiger partial charge in [0, 0.05) is 43.6 Å². The summed E-state index contributed by atoms with van der Waals surface area (Å²) in [6, 6.07) is 39.5. The molecule has 9 nitrogen and oxygen atoms in total. The number of hydrogen-bond acceptors (Lipinski definition) is 6. The number of nitrogens with zero attached hydrogens (tertiary/aromatic N) is 4. The number of benzene rings is 5. The zero-order valence-electron chi connectivity index (χ0n) is 28.5. The molecular formula is C40H42N4O5S2. The minimum absolute atomic E-state index is 0. The van der Waals surface area contributed by atoms with Crippen molar-refractivity contribution in [1.82, 2.24) is 18.3 Å². The van der Waals surface area contributed by atoms with E-state index in [1.54, 1.807) is 58.0 Å². The monoisotopic (exact) mass is 722 g/mol. The van der Waals surface area contributed by atoms with Gasteiger partial charge in [0.1, 0.15) is 6.61 Å². The Kier molecular flexibility index (Phi) is 11.0. The summed E-state index contributed by atoms with van der Waals surface area (Å²) in [7, 11) is -4.23. The third-order valence-electron chi connectivity index (χ3n) is 9.62. The van der Waals surface area contributed by atoms with Crippen LogP contribution in [0.2, 0.25) is 0 Å². The second-order valence-electron chi connectivity index (χ2n) is 12.9. The summed E-state index contributed by atoms with van der Waals surface area (Å²) in [5.74, 6) is 0. The van der Waals surface area contributed by atoms with Gasteiger partial charge in [-0.15, -0.1) is 0 Å². The first-order chi connectivity index (χ1) is 24.3. The van der Waals surface area contributed by atoms with Crippen LogP contribution in [-0.4, -0.2) is 58.6 Å². The van der Waals surface area contributed by atoms with Crippen molar-refractivity contribution < 1.29 is 17.9 Å². The molecule has 1 amide bonds. The molecule has 0 bridgehead atoms. The van der Waals surface area contributed by atoms with E-state index in [0.717, 1.165) is 22.4 Å². The Bertz CT molecular complexity index is 2240. The highest BCUT2D eigenvalue weighted by atomic mass is 32.2. The van der Waals surface area contributed by atoms with Crippen LogP contribution in [0.4, 0.5) is 4.79 Å². The van der Waals surface area contributed by atoms with Crippen LogP contribution in [0.15, 0.2) is 137 Å². The van der Waals surface area contributed by atoms with Crippen molar-refractivity contribution in [3.05, 3.63) is 149 Å². The number of rotatable bonds is 10. The van der Waals surface area contributed by atoms with Crippen LogP contribution in [-0.2, 0) is 27.8 Å². The summed E-state index contributed by atoms with van der Waals surface area (Å²) in [5, 5.41) is 1.34. The van der Waals surface area contributed by atoms with Gasteiger partial charge in [-0.05, 0) is 54.5 Å². The number of likely N-dealkylation sites (tertiary alicyclic amines) is 1. The fourth-order valence-corrected chi connectivity index (χ4v) is 8.56. The zero-order chi connectivity index (χ0) is 34.7. The van der Waals surface area contributed by atoms with E-state index >= 15 is 0 Å². The van der Waals surface area contributed by atoms with E-state index in [9.17, 15) is 18.0 Å². The average molecular weight is 723 g/mol. The number of amides is 1. The van der Waals surface area contributed by atoms with E-state index in [1.807, 2.05) is 54.6 Å². The molecule has 51 heavy (non-hydrogen) atoms. The lowest BCUT2D eigenvalue weighted by Gasteiger charge is -2.33. The predicted octanol–water partition coefficient (Wildman–Crippen LogP) is 7.17. The smallest absolute Gasteiger partial charge is 0.409 e. The van der Waals surface area contributed by atoms with Gasteiger partial charge in [0.15, 0.2) is 0 Å². The Morgan fingerprint density at radius 3 is 1.96 bits per heavy atom. The number of piperidine rings is 1. The molecule has 1 atom stereocenters. The molecule has 1 saturated heterocycles. The fraction of sp³-hybridized carbons (Fsp3) is 0.250. The highest BCUT2D eigenvalue weighted by Gasteiger charge is 2.32. The summed E-state index contributed by atoms with van der Waals surface area (Å²) in [4.78, 5) is 31.5. The number of ether oxygens (including phenoxy) is 1. The fourth-order valence-electron chi connectivity index (χ4n) is 6.95. The number of fused-ring (bicyclic) bond motifs is 2. The number of hydrogen-bond donors (Lipinski definition) is 0. The normalized spacial score (nSPS) is 14.4. The van der Waals surface area contributed by atoms with Crippen LogP contribution in [0.1, 0.15) is 36.9 Å². The van der Waals surface area contributed by atoms with Crippen molar-refractivity contribution in [2.45, 2.75) is 49.8 Å². The second-order valence-corrected chi connectivity index (χ2v) is 14.7. The average Bonchev–Trinajstić information content (AvgIpc) is 3.46. The van der Waals surface area contributed by atoms with Crippen molar-refractivity contribution >= 4 is 51.4 Å². The summed E-state index contributed by atoms with van der Waals surface area (Å²) in [6.45, 7) is 4.52.